The molecule has 0 saturated heterocycles. The lowest BCUT2D eigenvalue weighted by Gasteiger charge is -2.32. The molecule has 0 amide bonds. The molecule has 1 saturated carbocycles. The SMILES string of the molecule is COc1ccc(-n2nc(NC[C@H]3C[C@@H](N)C3)cc2-c2ccc(C#N)c(F)c2)cc1. The first-order valence-electron chi connectivity index (χ1n) is 9.51. The van der Waals surface area contributed by atoms with Crippen molar-refractivity contribution in [3.63, 3.8) is 0 Å². The minimum atomic E-state index is -0.551. The van der Waals surface area contributed by atoms with Gasteiger partial charge >= 0.3 is 0 Å². The van der Waals surface area contributed by atoms with Gasteiger partial charge in [0.1, 0.15) is 23.5 Å². The van der Waals surface area contributed by atoms with Crippen molar-refractivity contribution >= 4 is 5.82 Å². The fourth-order valence-electron chi connectivity index (χ4n) is 3.56. The third-order valence-electron chi connectivity index (χ3n) is 5.26. The molecule has 3 N–H and O–H groups in total. The minimum absolute atomic E-state index is 0.0175. The number of hydrogen-bond donors (Lipinski definition) is 2. The number of nitrogens with two attached hydrogens (primary N) is 1. The molecule has 0 unspecified atom stereocenters. The normalized spacial score (nSPS) is 18.0. The van der Waals surface area contributed by atoms with Crippen LogP contribution in [0.25, 0.3) is 16.9 Å². The maximum atomic E-state index is 14.2. The van der Waals surface area contributed by atoms with E-state index >= 15 is 0 Å². The first-order valence-corrected chi connectivity index (χ1v) is 9.51. The first kappa shape index (κ1) is 19.0. The summed E-state index contributed by atoms with van der Waals surface area (Å²) in [7, 11) is 1.61. The number of ether oxygens (including phenoxy) is 1. The molecule has 0 aliphatic heterocycles. The van der Waals surface area contributed by atoms with E-state index in [2.05, 4.69) is 10.4 Å². The van der Waals surface area contributed by atoms with Gasteiger partial charge in [-0.1, -0.05) is 6.07 Å². The van der Waals surface area contributed by atoms with Crippen molar-refractivity contribution in [1.29, 1.82) is 5.26 Å². The Morgan fingerprint density at radius 1 is 1.24 bits per heavy atom. The van der Waals surface area contributed by atoms with Crippen LogP contribution in [-0.4, -0.2) is 29.5 Å². The molecule has 1 aromatic heterocycles. The van der Waals surface area contributed by atoms with Gasteiger partial charge < -0.3 is 15.8 Å². The van der Waals surface area contributed by atoms with Gasteiger partial charge in [0.05, 0.1) is 24.1 Å². The number of anilines is 1. The molecule has 0 radical (unpaired) electrons. The minimum Gasteiger partial charge on any atom is -0.497 e. The summed E-state index contributed by atoms with van der Waals surface area (Å²) in [6, 6.07) is 16.1. The Morgan fingerprint density at radius 2 is 2.00 bits per heavy atom. The van der Waals surface area contributed by atoms with Crippen LogP contribution in [0.1, 0.15) is 18.4 Å². The Hall–Kier alpha value is -3.37. The highest BCUT2D eigenvalue weighted by atomic mass is 19.1. The lowest BCUT2D eigenvalue weighted by molar-refractivity contribution is 0.280. The third kappa shape index (κ3) is 3.93. The van der Waals surface area contributed by atoms with Crippen LogP contribution in [-0.2, 0) is 0 Å². The molecule has 0 atom stereocenters. The zero-order valence-corrected chi connectivity index (χ0v) is 16.1. The molecule has 0 spiro atoms. The van der Waals surface area contributed by atoms with Crippen molar-refractivity contribution in [3.8, 4) is 28.8 Å². The standard InChI is InChI=1S/C22H22FN5O/c1-29-19-6-4-18(5-7-19)28-21(15-2-3-16(12-24)20(23)10-15)11-22(27-28)26-13-14-8-17(25)9-14/h2-7,10-11,14,17H,8-9,13,25H2,1H3,(H,26,27)/t14-,17+. The second-order valence-corrected chi connectivity index (χ2v) is 7.31. The van der Waals surface area contributed by atoms with Gasteiger partial charge in [0.15, 0.2) is 0 Å². The van der Waals surface area contributed by atoms with Gasteiger partial charge in [0.2, 0.25) is 0 Å². The van der Waals surface area contributed by atoms with E-state index < -0.39 is 5.82 Å². The number of nitrogens with one attached hydrogen (secondary N) is 1. The van der Waals surface area contributed by atoms with Crippen molar-refractivity contribution in [2.24, 2.45) is 11.7 Å². The molecule has 148 valence electrons. The van der Waals surface area contributed by atoms with Crippen molar-refractivity contribution in [2.75, 3.05) is 19.0 Å². The average Bonchev–Trinajstić information content (AvgIpc) is 3.14. The average molecular weight is 391 g/mol. The summed E-state index contributed by atoms with van der Waals surface area (Å²) in [4.78, 5) is 0. The van der Waals surface area contributed by atoms with E-state index in [0.29, 0.717) is 23.3 Å². The summed E-state index contributed by atoms with van der Waals surface area (Å²) in [5.74, 6) is 1.45. The third-order valence-corrected chi connectivity index (χ3v) is 5.26. The Labute approximate surface area is 168 Å². The van der Waals surface area contributed by atoms with E-state index in [1.807, 2.05) is 36.4 Å². The molecule has 3 aromatic rings. The monoisotopic (exact) mass is 391 g/mol. The molecule has 7 heteroatoms. The van der Waals surface area contributed by atoms with E-state index in [1.165, 1.54) is 12.1 Å². The summed E-state index contributed by atoms with van der Waals surface area (Å²) in [6.07, 6.45) is 2.03. The van der Waals surface area contributed by atoms with Crippen LogP contribution in [0.4, 0.5) is 10.2 Å². The highest BCUT2D eigenvalue weighted by Crippen LogP contribution is 2.30. The van der Waals surface area contributed by atoms with E-state index in [9.17, 15) is 4.39 Å². The van der Waals surface area contributed by atoms with Gasteiger partial charge in [0, 0.05) is 24.2 Å². The predicted molar refractivity (Wildman–Crippen MR) is 109 cm³/mol. The largest absolute Gasteiger partial charge is 0.497 e. The smallest absolute Gasteiger partial charge is 0.149 e. The summed E-state index contributed by atoms with van der Waals surface area (Å²) >= 11 is 0. The molecule has 4 rings (SSSR count). The quantitative estimate of drug-likeness (QED) is 0.669. The zero-order valence-electron chi connectivity index (χ0n) is 16.1. The van der Waals surface area contributed by atoms with Crippen LogP contribution in [0.2, 0.25) is 0 Å². The van der Waals surface area contributed by atoms with Crippen molar-refractivity contribution in [1.82, 2.24) is 9.78 Å². The number of nitriles is 1. The van der Waals surface area contributed by atoms with Crippen LogP contribution in [0.3, 0.4) is 0 Å². The molecule has 29 heavy (non-hydrogen) atoms. The number of methoxy groups -OCH3 is 1. The Balaban J connectivity index is 1.68. The Kier molecular flexibility index (Phi) is 5.19. The molecular formula is C22H22FN5O. The molecule has 1 aliphatic carbocycles. The van der Waals surface area contributed by atoms with E-state index in [1.54, 1.807) is 17.9 Å². The second kappa shape index (κ2) is 7.94. The number of rotatable bonds is 6. The summed E-state index contributed by atoms with van der Waals surface area (Å²) in [6.45, 7) is 0.800. The first-order chi connectivity index (χ1) is 14.1. The molecule has 1 fully saturated rings. The fraction of sp³-hybridized carbons (Fsp3) is 0.273. The maximum absolute atomic E-state index is 14.2. The Morgan fingerprint density at radius 3 is 2.62 bits per heavy atom. The Bertz CT molecular complexity index is 1050. The highest BCUT2D eigenvalue weighted by Gasteiger charge is 2.25. The van der Waals surface area contributed by atoms with E-state index in [0.717, 1.165) is 36.5 Å². The molecule has 6 nitrogen and oxygen atoms in total. The molecular weight excluding hydrogens is 369 g/mol. The van der Waals surface area contributed by atoms with Crippen molar-refractivity contribution < 1.29 is 9.13 Å². The number of halogens is 1. The molecule has 0 bridgehead atoms. The van der Waals surface area contributed by atoms with Crippen LogP contribution >= 0.6 is 0 Å². The summed E-state index contributed by atoms with van der Waals surface area (Å²) in [5.41, 5.74) is 8.07. The van der Waals surface area contributed by atoms with Crippen molar-refractivity contribution in [3.05, 3.63) is 59.9 Å². The number of benzene rings is 2. The van der Waals surface area contributed by atoms with Crippen molar-refractivity contribution in [2.45, 2.75) is 18.9 Å². The summed E-state index contributed by atoms with van der Waals surface area (Å²) < 4.78 is 21.2. The number of aromatic nitrogens is 2. The number of hydrogen-bond acceptors (Lipinski definition) is 5. The summed E-state index contributed by atoms with van der Waals surface area (Å²) in [5, 5.41) is 17.0. The lowest BCUT2D eigenvalue weighted by Crippen LogP contribution is -2.39. The van der Waals surface area contributed by atoms with Gasteiger partial charge in [-0.05, 0) is 55.2 Å². The highest BCUT2D eigenvalue weighted by molar-refractivity contribution is 5.67. The topological polar surface area (TPSA) is 88.9 Å². The van der Waals surface area contributed by atoms with Crippen LogP contribution in [0.15, 0.2) is 48.5 Å². The van der Waals surface area contributed by atoms with Gasteiger partial charge in [-0.15, -0.1) is 5.10 Å². The van der Waals surface area contributed by atoms with Gasteiger partial charge in [-0.25, -0.2) is 9.07 Å². The maximum Gasteiger partial charge on any atom is 0.149 e. The van der Waals surface area contributed by atoms with Gasteiger partial charge in [-0.3, -0.25) is 0 Å². The van der Waals surface area contributed by atoms with E-state index in [-0.39, 0.29) is 5.56 Å². The fourth-order valence-corrected chi connectivity index (χ4v) is 3.56. The zero-order chi connectivity index (χ0) is 20.4. The second-order valence-electron chi connectivity index (χ2n) is 7.31. The van der Waals surface area contributed by atoms with Gasteiger partial charge in [0.25, 0.3) is 0 Å². The van der Waals surface area contributed by atoms with Crippen LogP contribution < -0.4 is 15.8 Å². The van der Waals surface area contributed by atoms with Gasteiger partial charge in [-0.2, -0.15) is 5.26 Å². The molecule has 1 aliphatic rings. The van der Waals surface area contributed by atoms with Crippen LogP contribution in [0, 0.1) is 23.1 Å². The molecule has 2 aromatic carbocycles. The number of nitrogens with zero attached hydrogens (tertiary/aromatic N) is 3. The lowest BCUT2D eigenvalue weighted by atomic mass is 9.81. The predicted octanol–water partition coefficient (Wildman–Crippen LogP) is 3.71. The van der Waals surface area contributed by atoms with Crippen LogP contribution in [0.5, 0.6) is 5.75 Å². The molecule has 1 heterocycles. The van der Waals surface area contributed by atoms with E-state index in [4.69, 9.17) is 15.7 Å².